The number of pyridine rings is 1. The molecule has 7 nitrogen and oxygen atoms in total. The number of urea groups is 1. The minimum atomic E-state index is -0.829. The third-order valence-electron chi connectivity index (χ3n) is 3.89. The molecule has 0 spiro atoms. The van der Waals surface area contributed by atoms with Crippen LogP contribution in [-0.2, 0) is 18.3 Å². The van der Waals surface area contributed by atoms with Crippen molar-refractivity contribution in [2.45, 2.75) is 32.4 Å². The number of aromatic nitrogens is 1. The van der Waals surface area contributed by atoms with Gasteiger partial charge in [-0.2, -0.15) is 0 Å². The smallest absolute Gasteiger partial charge is 0.325 e. The van der Waals surface area contributed by atoms with Gasteiger partial charge in [-0.05, 0) is 6.07 Å². The summed E-state index contributed by atoms with van der Waals surface area (Å²) in [5.41, 5.74) is 0.683. The van der Waals surface area contributed by atoms with E-state index < -0.39 is 12.5 Å². The van der Waals surface area contributed by atoms with Gasteiger partial charge in [0.05, 0.1) is 6.54 Å². The molecule has 7 heteroatoms. The second-order valence-electron chi connectivity index (χ2n) is 5.36. The van der Waals surface area contributed by atoms with Crippen molar-refractivity contribution < 1.29 is 14.6 Å². The first kappa shape index (κ1) is 13.1. The molecule has 0 saturated carbocycles. The topological polar surface area (TPSA) is 83.8 Å². The number of hydrogen-bond acceptors (Lipinski definition) is 4. The van der Waals surface area contributed by atoms with Crippen molar-refractivity contribution in [3.8, 4) is 0 Å². The molecule has 1 aromatic heterocycles. The summed E-state index contributed by atoms with van der Waals surface area (Å²) in [6, 6.07) is 2.87. The third kappa shape index (κ3) is 1.99. The van der Waals surface area contributed by atoms with Crippen LogP contribution in [0.15, 0.2) is 16.9 Å². The maximum atomic E-state index is 12.2. The van der Waals surface area contributed by atoms with Crippen LogP contribution in [0.1, 0.15) is 18.9 Å². The number of nitrogens with one attached hydrogen (secondary N) is 1. The first-order chi connectivity index (χ1) is 9.47. The van der Waals surface area contributed by atoms with Crippen LogP contribution in [0.5, 0.6) is 0 Å². The molecule has 1 aromatic rings. The summed E-state index contributed by atoms with van der Waals surface area (Å²) in [4.78, 5) is 25.3. The number of amides is 2. The van der Waals surface area contributed by atoms with Crippen molar-refractivity contribution >= 4 is 11.8 Å². The molecule has 1 unspecified atom stereocenters. The Morgan fingerprint density at radius 3 is 2.80 bits per heavy atom. The van der Waals surface area contributed by atoms with Gasteiger partial charge in [0, 0.05) is 31.0 Å². The number of hydrogen-bond donors (Lipinski definition) is 2. The van der Waals surface area contributed by atoms with Crippen molar-refractivity contribution in [1.82, 2.24) is 9.47 Å². The van der Waals surface area contributed by atoms with Crippen molar-refractivity contribution in [3.63, 3.8) is 0 Å². The summed E-state index contributed by atoms with van der Waals surface area (Å²) in [5.74, 6) is 0.579. The second-order valence-corrected chi connectivity index (χ2v) is 5.36. The Labute approximate surface area is 115 Å². The van der Waals surface area contributed by atoms with Crippen molar-refractivity contribution in [1.29, 1.82) is 0 Å². The molecule has 2 aliphatic rings. The predicted octanol–water partition coefficient (Wildman–Crippen LogP) is 0.434. The van der Waals surface area contributed by atoms with Gasteiger partial charge in [0.15, 0.2) is 6.29 Å². The zero-order valence-corrected chi connectivity index (χ0v) is 11.4. The van der Waals surface area contributed by atoms with Gasteiger partial charge in [-0.1, -0.05) is 6.92 Å². The van der Waals surface area contributed by atoms with Crippen LogP contribution in [0, 0.1) is 5.92 Å². The maximum Gasteiger partial charge on any atom is 0.325 e. The van der Waals surface area contributed by atoms with E-state index in [4.69, 9.17) is 4.74 Å². The molecule has 2 N–H and O–H groups in total. The van der Waals surface area contributed by atoms with Crippen molar-refractivity contribution in [3.05, 3.63) is 28.0 Å². The zero-order chi connectivity index (χ0) is 14.4. The largest absolute Gasteiger partial charge is 0.368 e. The summed E-state index contributed by atoms with van der Waals surface area (Å²) in [7, 11) is 1.62. The molecule has 2 amide bonds. The molecule has 3 rings (SSSR count). The molecule has 1 saturated heterocycles. The van der Waals surface area contributed by atoms with Crippen LogP contribution in [0.25, 0.3) is 0 Å². The molecule has 0 aromatic carbocycles. The molecule has 3 atom stereocenters. The number of rotatable bonds is 1. The van der Waals surface area contributed by atoms with Gasteiger partial charge in [-0.15, -0.1) is 0 Å². The average molecular weight is 279 g/mol. The highest BCUT2D eigenvalue weighted by Gasteiger charge is 2.39. The standard InChI is InChI=1S/C13H17N3O4/c1-7-5-10(18)20-12(7)16-6-8-3-4-9(17)15(2)11(8)14-13(16)19/h3-4,7,10,12,18H,5-6H2,1-2H3,(H,14,19)/t7-,10?,12+/m0/s1. The Morgan fingerprint density at radius 1 is 1.40 bits per heavy atom. The highest BCUT2D eigenvalue weighted by Crippen LogP contribution is 2.31. The van der Waals surface area contributed by atoms with Crippen LogP contribution in [0.2, 0.25) is 0 Å². The van der Waals surface area contributed by atoms with Gasteiger partial charge < -0.3 is 9.84 Å². The fraction of sp³-hybridized carbons (Fsp3) is 0.538. The lowest BCUT2D eigenvalue weighted by atomic mass is 10.1. The van der Waals surface area contributed by atoms with Gasteiger partial charge in [0.2, 0.25) is 0 Å². The van der Waals surface area contributed by atoms with Gasteiger partial charge in [0.1, 0.15) is 12.0 Å². The summed E-state index contributed by atoms with van der Waals surface area (Å²) in [6.07, 6.45) is -0.770. The van der Waals surface area contributed by atoms with E-state index in [-0.39, 0.29) is 17.5 Å². The lowest BCUT2D eigenvalue weighted by molar-refractivity contribution is -0.130. The highest BCUT2D eigenvalue weighted by molar-refractivity contribution is 5.91. The van der Waals surface area contributed by atoms with E-state index in [1.54, 1.807) is 18.0 Å². The van der Waals surface area contributed by atoms with Crippen molar-refractivity contribution in [2.75, 3.05) is 5.32 Å². The molecule has 0 aliphatic carbocycles. The molecular formula is C13H17N3O4. The quantitative estimate of drug-likeness (QED) is 0.781. The molecule has 0 radical (unpaired) electrons. The molecule has 20 heavy (non-hydrogen) atoms. The molecular weight excluding hydrogens is 262 g/mol. The number of fused-ring (bicyclic) bond motifs is 1. The maximum absolute atomic E-state index is 12.2. The first-order valence-electron chi connectivity index (χ1n) is 6.57. The molecule has 108 valence electrons. The van der Waals surface area contributed by atoms with E-state index in [1.165, 1.54) is 10.6 Å². The lowest BCUT2D eigenvalue weighted by Crippen LogP contribution is -2.48. The fourth-order valence-corrected chi connectivity index (χ4v) is 2.78. The van der Waals surface area contributed by atoms with E-state index in [1.807, 2.05) is 6.92 Å². The zero-order valence-electron chi connectivity index (χ0n) is 11.4. The van der Waals surface area contributed by atoms with Gasteiger partial charge in [-0.25, -0.2) is 4.79 Å². The van der Waals surface area contributed by atoms with Crippen LogP contribution in [-0.4, -0.2) is 33.1 Å². The summed E-state index contributed by atoms with van der Waals surface area (Å²) >= 11 is 0. The number of nitrogens with zero attached hydrogens (tertiary/aromatic N) is 2. The van der Waals surface area contributed by atoms with Gasteiger partial charge in [0.25, 0.3) is 5.56 Å². The predicted molar refractivity (Wildman–Crippen MR) is 70.9 cm³/mol. The van der Waals surface area contributed by atoms with Crippen LogP contribution in [0.3, 0.4) is 0 Å². The Balaban J connectivity index is 1.92. The molecule has 0 bridgehead atoms. The Kier molecular flexibility index (Phi) is 3.02. The van der Waals surface area contributed by atoms with Crippen molar-refractivity contribution in [2.24, 2.45) is 13.0 Å². The SMILES string of the molecule is C[C@H]1CC(O)O[C@H]1N1Cc2ccc(=O)n(C)c2NC1=O. The van der Waals surface area contributed by atoms with Gasteiger partial charge in [-0.3, -0.25) is 19.6 Å². The van der Waals surface area contributed by atoms with E-state index >= 15 is 0 Å². The van der Waals surface area contributed by atoms with E-state index in [9.17, 15) is 14.7 Å². The fourth-order valence-electron chi connectivity index (χ4n) is 2.78. The molecule has 1 fully saturated rings. The number of ether oxygens (including phenoxy) is 1. The number of aliphatic hydroxyl groups excluding tert-OH is 1. The summed E-state index contributed by atoms with van der Waals surface area (Å²) < 4.78 is 6.82. The van der Waals surface area contributed by atoms with Crippen LogP contribution >= 0.6 is 0 Å². The van der Waals surface area contributed by atoms with E-state index in [0.29, 0.717) is 18.8 Å². The van der Waals surface area contributed by atoms with Crippen LogP contribution in [0.4, 0.5) is 10.6 Å². The number of carbonyl (C=O) groups is 1. The second kappa shape index (κ2) is 4.60. The number of anilines is 1. The summed E-state index contributed by atoms with van der Waals surface area (Å²) in [6.45, 7) is 2.29. The minimum Gasteiger partial charge on any atom is -0.368 e. The number of carbonyl (C=O) groups excluding carboxylic acids is 1. The molecule has 2 aliphatic heterocycles. The highest BCUT2D eigenvalue weighted by atomic mass is 16.6. The summed E-state index contributed by atoms with van der Waals surface area (Å²) in [5, 5.41) is 12.3. The Morgan fingerprint density at radius 2 is 2.15 bits per heavy atom. The third-order valence-corrected chi connectivity index (χ3v) is 3.89. The number of aliphatic hydroxyl groups is 1. The minimum absolute atomic E-state index is 0.0600. The first-order valence-corrected chi connectivity index (χ1v) is 6.57. The normalized spacial score (nSPS) is 29.2. The lowest BCUT2D eigenvalue weighted by Gasteiger charge is -2.35. The van der Waals surface area contributed by atoms with E-state index in [2.05, 4.69) is 5.32 Å². The monoisotopic (exact) mass is 279 g/mol. The van der Waals surface area contributed by atoms with Gasteiger partial charge >= 0.3 is 6.03 Å². The Hall–Kier alpha value is -1.86. The van der Waals surface area contributed by atoms with E-state index in [0.717, 1.165) is 5.56 Å². The van der Waals surface area contributed by atoms with Crippen LogP contribution < -0.4 is 10.9 Å². The Bertz CT molecular complexity index is 612. The molecule has 3 heterocycles. The average Bonchev–Trinajstić information content (AvgIpc) is 2.73.